The topological polar surface area (TPSA) is 61.1 Å². The third kappa shape index (κ3) is 11.5. The first-order chi connectivity index (χ1) is 9.22. The van der Waals surface area contributed by atoms with Crippen molar-refractivity contribution in [2.75, 3.05) is 0 Å². The predicted octanol–water partition coefficient (Wildman–Crippen LogP) is 4.83. The van der Waals surface area contributed by atoms with Gasteiger partial charge in [-0.05, 0) is 12.8 Å². The lowest BCUT2D eigenvalue weighted by molar-refractivity contribution is -0.132. The van der Waals surface area contributed by atoms with Gasteiger partial charge in [0.1, 0.15) is 11.6 Å². The largest absolute Gasteiger partial charge is 0.477 e. The van der Waals surface area contributed by atoms with Gasteiger partial charge in [-0.3, -0.25) is 0 Å². The zero-order chi connectivity index (χ0) is 14.3. The van der Waals surface area contributed by atoms with Crippen molar-refractivity contribution in [1.82, 2.24) is 0 Å². The lowest BCUT2D eigenvalue weighted by atomic mass is 10.1. The zero-order valence-corrected chi connectivity index (χ0v) is 12.2. The molecule has 108 valence electrons. The van der Waals surface area contributed by atoms with Crippen molar-refractivity contribution in [2.24, 2.45) is 0 Å². The van der Waals surface area contributed by atoms with Crippen molar-refractivity contribution in [3.05, 3.63) is 11.6 Å². The summed E-state index contributed by atoms with van der Waals surface area (Å²) in [4.78, 5) is 10.6. The number of aliphatic carboxylic acids is 1. The number of nitrogens with zero attached hydrogens (tertiary/aromatic N) is 1. The fraction of sp³-hybridized carbons (Fsp3) is 0.750. The Morgan fingerprint density at radius 2 is 1.47 bits per heavy atom. The minimum absolute atomic E-state index is 0.129. The average Bonchev–Trinajstić information content (AvgIpc) is 2.40. The molecule has 0 bridgehead atoms. The Morgan fingerprint density at radius 1 is 1.00 bits per heavy atom. The minimum atomic E-state index is -1.12. The predicted molar refractivity (Wildman–Crippen MR) is 77.8 cm³/mol. The van der Waals surface area contributed by atoms with E-state index in [1.54, 1.807) is 6.07 Å². The summed E-state index contributed by atoms with van der Waals surface area (Å²) in [5.41, 5.74) is -0.129. The molecule has 0 aromatic rings. The van der Waals surface area contributed by atoms with Crippen LogP contribution in [0.15, 0.2) is 11.6 Å². The number of carboxylic acids is 1. The Bertz CT molecular complexity index is 302. The van der Waals surface area contributed by atoms with Crippen molar-refractivity contribution in [1.29, 1.82) is 5.26 Å². The lowest BCUT2D eigenvalue weighted by Gasteiger charge is -2.01. The number of nitriles is 1. The van der Waals surface area contributed by atoms with Crippen LogP contribution in [-0.2, 0) is 4.79 Å². The molecule has 0 saturated heterocycles. The fourth-order valence-corrected chi connectivity index (χ4v) is 2.06. The van der Waals surface area contributed by atoms with E-state index in [0.29, 0.717) is 6.42 Å². The van der Waals surface area contributed by atoms with Gasteiger partial charge in [-0.25, -0.2) is 4.79 Å². The lowest BCUT2D eigenvalue weighted by Crippen LogP contribution is -1.97. The van der Waals surface area contributed by atoms with Gasteiger partial charge < -0.3 is 5.11 Å². The van der Waals surface area contributed by atoms with E-state index in [2.05, 4.69) is 6.92 Å². The molecule has 0 radical (unpaired) electrons. The Hall–Kier alpha value is -1.30. The molecule has 0 aromatic carbocycles. The highest BCUT2D eigenvalue weighted by atomic mass is 16.4. The molecule has 0 atom stereocenters. The van der Waals surface area contributed by atoms with Crippen molar-refractivity contribution in [2.45, 2.75) is 77.6 Å². The molecule has 0 saturated carbocycles. The van der Waals surface area contributed by atoms with Crippen LogP contribution in [0.1, 0.15) is 77.6 Å². The molecule has 0 aromatic heterocycles. The smallest absolute Gasteiger partial charge is 0.346 e. The van der Waals surface area contributed by atoms with Crippen LogP contribution < -0.4 is 0 Å². The van der Waals surface area contributed by atoms with E-state index in [9.17, 15) is 4.79 Å². The molecule has 0 fully saturated rings. The molecule has 0 heterocycles. The molecule has 0 aliphatic rings. The molecule has 0 amide bonds. The van der Waals surface area contributed by atoms with E-state index in [-0.39, 0.29) is 5.57 Å². The maximum atomic E-state index is 10.6. The SMILES string of the molecule is CCCCCCCCCCCCC=C(C#N)C(=O)O. The number of hydrogen-bond donors (Lipinski definition) is 1. The van der Waals surface area contributed by atoms with Crippen LogP contribution >= 0.6 is 0 Å². The van der Waals surface area contributed by atoms with Crippen LogP contribution in [0, 0.1) is 11.3 Å². The zero-order valence-electron chi connectivity index (χ0n) is 12.2. The van der Waals surface area contributed by atoms with Gasteiger partial charge in [-0.1, -0.05) is 70.8 Å². The van der Waals surface area contributed by atoms with Gasteiger partial charge in [0.15, 0.2) is 0 Å². The summed E-state index contributed by atoms with van der Waals surface area (Å²) >= 11 is 0. The van der Waals surface area contributed by atoms with Gasteiger partial charge in [0.25, 0.3) is 0 Å². The number of allylic oxidation sites excluding steroid dienone is 1. The maximum absolute atomic E-state index is 10.6. The molecule has 0 spiro atoms. The van der Waals surface area contributed by atoms with E-state index in [4.69, 9.17) is 10.4 Å². The number of hydrogen-bond acceptors (Lipinski definition) is 2. The van der Waals surface area contributed by atoms with Crippen molar-refractivity contribution in [3.8, 4) is 6.07 Å². The van der Waals surface area contributed by atoms with Crippen molar-refractivity contribution in [3.63, 3.8) is 0 Å². The second-order valence-electron chi connectivity index (χ2n) is 5.01. The quantitative estimate of drug-likeness (QED) is 0.312. The Balaban J connectivity index is 3.32. The first-order valence-electron chi connectivity index (χ1n) is 7.56. The van der Waals surface area contributed by atoms with Crippen LogP contribution in [0.5, 0.6) is 0 Å². The van der Waals surface area contributed by atoms with Gasteiger partial charge in [-0.15, -0.1) is 0 Å². The van der Waals surface area contributed by atoms with Gasteiger partial charge in [0, 0.05) is 0 Å². The van der Waals surface area contributed by atoms with E-state index in [0.717, 1.165) is 12.8 Å². The summed E-state index contributed by atoms with van der Waals surface area (Å²) in [5, 5.41) is 17.2. The molecule has 19 heavy (non-hydrogen) atoms. The number of rotatable bonds is 12. The normalized spacial score (nSPS) is 11.3. The van der Waals surface area contributed by atoms with Crippen LogP contribution in [0.2, 0.25) is 0 Å². The highest BCUT2D eigenvalue weighted by molar-refractivity contribution is 5.90. The number of unbranched alkanes of at least 4 members (excludes halogenated alkanes) is 10. The Morgan fingerprint density at radius 3 is 1.89 bits per heavy atom. The van der Waals surface area contributed by atoms with Crippen LogP contribution in [0.4, 0.5) is 0 Å². The van der Waals surface area contributed by atoms with Crippen molar-refractivity contribution >= 4 is 5.97 Å². The molecular formula is C16H27NO2. The molecule has 1 N–H and O–H groups in total. The Kier molecular flexibility index (Phi) is 12.2. The second kappa shape index (κ2) is 13.1. The van der Waals surface area contributed by atoms with E-state index < -0.39 is 5.97 Å². The van der Waals surface area contributed by atoms with Crippen LogP contribution in [-0.4, -0.2) is 11.1 Å². The minimum Gasteiger partial charge on any atom is -0.477 e. The molecule has 3 heteroatoms. The third-order valence-corrected chi connectivity index (χ3v) is 3.26. The summed E-state index contributed by atoms with van der Waals surface area (Å²) < 4.78 is 0. The highest BCUT2D eigenvalue weighted by Crippen LogP contribution is 2.11. The Labute approximate surface area is 117 Å². The molecule has 0 unspecified atom stereocenters. The molecule has 0 rings (SSSR count). The third-order valence-electron chi connectivity index (χ3n) is 3.26. The molecule has 0 aliphatic heterocycles. The molecule has 0 aliphatic carbocycles. The highest BCUT2D eigenvalue weighted by Gasteiger charge is 2.03. The first-order valence-corrected chi connectivity index (χ1v) is 7.56. The number of carboxylic acid groups (broad SMARTS) is 1. The summed E-state index contributed by atoms with van der Waals surface area (Å²) in [6.45, 7) is 2.23. The van der Waals surface area contributed by atoms with Crippen LogP contribution in [0.3, 0.4) is 0 Å². The van der Waals surface area contributed by atoms with Gasteiger partial charge in [-0.2, -0.15) is 5.26 Å². The fourth-order valence-electron chi connectivity index (χ4n) is 2.06. The standard InChI is InChI=1S/C16H27NO2/c1-2-3-4-5-6-7-8-9-10-11-12-13-15(14-17)16(18)19/h13H,2-12H2,1H3,(H,18,19). The molecule has 3 nitrogen and oxygen atoms in total. The van der Waals surface area contributed by atoms with Crippen LogP contribution in [0.25, 0.3) is 0 Å². The average molecular weight is 265 g/mol. The van der Waals surface area contributed by atoms with Crippen molar-refractivity contribution < 1.29 is 9.90 Å². The molecular weight excluding hydrogens is 238 g/mol. The summed E-state index contributed by atoms with van der Waals surface area (Å²) in [5.74, 6) is -1.12. The first kappa shape index (κ1) is 17.7. The van der Waals surface area contributed by atoms with Gasteiger partial charge in [0.2, 0.25) is 0 Å². The van der Waals surface area contributed by atoms with E-state index in [1.165, 1.54) is 57.4 Å². The summed E-state index contributed by atoms with van der Waals surface area (Å²) in [6, 6.07) is 1.70. The van der Waals surface area contributed by atoms with Gasteiger partial charge in [0.05, 0.1) is 0 Å². The van der Waals surface area contributed by atoms with E-state index >= 15 is 0 Å². The monoisotopic (exact) mass is 265 g/mol. The van der Waals surface area contributed by atoms with Gasteiger partial charge >= 0.3 is 5.97 Å². The maximum Gasteiger partial charge on any atom is 0.346 e. The number of carbonyl (C=O) groups is 1. The summed E-state index contributed by atoms with van der Waals surface area (Å²) in [7, 11) is 0. The second-order valence-corrected chi connectivity index (χ2v) is 5.01. The summed E-state index contributed by atoms with van der Waals surface area (Å²) in [6.07, 6.45) is 14.9. The van der Waals surface area contributed by atoms with E-state index in [1.807, 2.05) is 0 Å².